The Hall–Kier alpha value is -1.31. The molecule has 0 radical (unpaired) electrons. The summed E-state index contributed by atoms with van der Waals surface area (Å²) in [7, 11) is -0.655. The Morgan fingerprint density at radius 1 is 1.19 bits per heavy atom. The van der Waals surface area contributed by atoms with Crippen LogP contribution in [0.4, 0.5) is 0 Å². The van der Waals surface area contributed by atoms with Crippen molar-refractivity contribution in [1.29, 1.82) is 0 Å². The highest BCUT2D eigenvalue weighted by molar-refractivity contribution is 7.89. The topological polar surface area (TPSA) is 75.7 Å². The molecule has 1 aromatic rings. The number of carbonyl (C=O) groups is 1. The van der Waals surface area contributed by atoms with Crippen molar-refractivity contribution in [2.45, 2.75) is 55.9 Å². The first-order chi connectivity index (χ1) is 12.3. The lowest BCUT2D eigenvalue weighted by atomic mass is 9.97. The fourth-order valence-electron chi connectivity index (χ4n) is 2.98. The maximum absolute atomic E-state index is 12.1. The minimum Gasteiger partial charge on any atom is -0.482 e. The molecule has 0 spiro atoms. The smallest absolute Gasteiger partial charge is 0.258 e. The molecule has 1 aliphatic rings. The van der Waals surface area contributed by atoms with E-state index in [9.17, 15) is 13.2 Å². The Labute approximate surface area is 160 Å². The zero-order valence-electron chi connectivity index (χ0n) is 15.3. The molecular weight excluding hydrogens is 376 g/mol. The first-order valence-electron chi connectivity index (χ1n) is 8.95. The van der Waals surface area contributed by atoms with Crippen LogP contribution in [0.15, 0.2) is 23.1 Å². The third-order valence-electron chi connectivity index (χ3n) is 4.51. The monoisotopic (exact) mass is 402 g/mol. The largest absolute Gasteiger partial charge is 0.482 e. The van der Waals surface area contributed by atoms with Gasteiger partial charge in [-0.1, -0.05) is 43.7 Å². The van der Waals surface area contributed by atoms with Gasteiger partial charge in [-0.3, -0.25) is 4.79 Å². The fraction of sp³-hybridized carbons (Fsp3) is 0.611. The average molecular weight is 403 g/mol. The van der Waals surface area contributed by atoms with E-state index in [2.05, 4.69) is 5.32 Å². The van der Waals surface area contributed by atoms with Crippen molar-refractivity contribution in [2.75, 3.05) is 20.7 Å². The fourth-order valence-corrected chi connectivity index (χ4v) is 4.21. The number of benzene rings is 1. The van der Waals surface area contributed by atoms with E-state index in [4.69, 9.17) is 16.3 Å². The van der Waals surface area contributed by atoms with Crippen molar-refractivity contribution in [3.05, 3.63) is 23.2 Å². The van der Waals surface area contributed by atoms with Gasteiger partial charge in [0.2, 0.25) is 10.0 Å². The van der Waals surface area contributed by atoms with Crippen molar-refractivity contribution < 1.29 is 17.9 Å². The van der Waals surface area contributed by atoms with E-state index < -0.39 is 10.0 Å². The van der Waals surface area contributed by atoms with Gasteiger partial charge in [-0.25, -0.2) is 12.7 Å². The number of halogens is 1. The number of nitrogens with one attached hydrogen (secondary N) is 1. The second kappa shape index (κ2) is 9.58. The molecule has 0 bridgehead atoms. The van der Waals surface area contributed by atoms with E-state index in [-0.39, 0.29) is 34.2 Å². The van der Waals surface area contributed by atoms with Crippen molar-refractivity contribution in [1.82, 2.24) is 9.62 Å². The predicted molar refractivity (Wildman–Crippen MR) is 102 cm³/mol. The molecule has 8 heteroatoms. The van der Waals surface area contributed by atoms with Crippen LogP contribution in [-0.2, 0) is 14.8 Å². The highest BCUT2D eigenvalue weighted by Crippen LogP contribution is 2.28. The number of nitrogens with zero attached hydrogens (tertiary/aromatic N) is 1. The number of ether oxygens (including phenoxy) is 1. The van der Waals surface area contributed by atoms with Gasteiger partial charge in [0.05, 0.1) is 9.92 Å². The molecule has 146 valence electrons. The minimum absolute atomic E-state index is 0.0822. The Morgan fingerprint density at radius 2 is 1.81 bits per heavy atom. The molecule has 6 nitrogen and oxygen atoms in total. The van der Waals surface area contributed by atoms with Crippen molar-refractivity contribution in [3.8, 4) is 5.75 Å². The highest BCUT2D eigenvalue weighted by Gasteiger charge is 2.19. The normalized spacial score (nSPS) is 16.8. The van der Waals surface area contributed by atoms with Crippen LogP contribution in [0.1, 0.15) is 44.9 Å². The molecule has 0 saturated heterocycles. The molecule has 1 aliphatic carbocycles. The molecule has 0 heterocycles. The van der Waals surface area contributed by atoms with Gasteiger partial charge in [-0.2, -0.15) is 0 Å². The number of hydrogen-bond acceptors (Lipinski definition) is 4. The van der Waals surface area contributed by atoms with Crippen LogP contribution in [0.3, 0.4) is 0 Å². The summed E-state index contributed by atoms with van der Waals surface area (Å²) in [6.45, 7) is -0.143. The van der Waals surface area contributed by atoms with Crippen LogP contribution in [0.25, 0.3) is 0 Å². The van der Waals surface area contributed by atoms with E-state index in [1.807, 2.05) is 0 Å². The molecule has 26 heavy (non-hydrogen) atoms. The van der Waals surface area contributed by atoms with Crippen molar-refractivity contribution in [2.24, 2.45) is 0 Å². The van der Waals surface area contributed by atoms with Crippen LogP contribution < -0.4 is 10.1 Å². The lowest BCUT2D eigenvalue weighted by molar-refractivity contribution is -0.123. The van der Waals surface area contributed by atoms with Crippen LogP contribution >= 0.6 is 11.6 Å². The summed E-state index contributed by atoms with van der Waals surface area (Å²) in [5.74, 6) is 0.105. The molecule has 2 rings (SSSR count). The average Bonchev–Trinajstić information content (AvgIpc) is 2.55. The lowest BCUT2D eigenvalue weighted by Crippen LogP contribution is -2.38. The number of carbonyl (C=O) groups excluding carboxylic acids is 1. The molecule has 0 atom stereocenters. The molecule has 1 N–H and O–H groups in total. The summed E-state index contributed by atoms with van der Waals surface area (Å²) in [6.07, 6.45) is 8.01. The number of rotatable bonds is 6. The van der Waals surface area contributed by atoms with Gasteiger partial charge in [0.1, 0.15) is 5.75 Å². The van der Waals surface area contributed by atoms with Crippen LogP contribution in [0, 0.1) is 0 Å². The first kappa shape index (κ1) is 21.0. The van der Waals surface area contributed by atoms with Gasteiger partial charge in [-0.15, -0.1) is 0 Å². The summed E-state index contributed by atoms with van der Waals surface area (Å²) in [4.78, 5) is 12.2. The quantitative estimate of drug-likeness (QED) is 0.792. The van der Waals surface area contributed by atoms with Gasteiger partial charge in [0.15, 0.2) is 6.61 Å². The SMILES string of the molecule is CN(C)S(=O)(=O)c1ccc(OCC(=O)NC2CCCCCCC2)c(Cl)c1. The predicted octanol–water partition coefficient (Wildman–Crippen LogP) is 3.20. The molecule has 1 saturated carbocycles. The molecule has 1 aromatic carbocycles. The first-order valence-corrected chi connectivity index (χ1v) is 10.8. The molecule has 0 aliphatic heterocycles. The van der Waals surface area contributed by atoms with E-state index >= 15 is 0 Å². The van der Waals surface area contributed by atoms with Crippen LogP contribution in [-0.4, -0.2) is 45.4 Å². The van der Waals surface area contributed by atoms with Gasteiger partial charge in [-0.05, 0) is 31.0 Å². The zero-order valence-corrected chi connectivity index (χ0v) is 16.9. The molecule has 0 unspecified atom stereocenters. The summed E-state index contributed by atoms with van der Waals surface area (Å²) in [6, 6.07) is 4.43. The third kappa shape index (κ3) is 5.86. The number of sulfonamides is 1. The Bertz CT molecular complexity index is 714. The number of hydrogen-bond donors (Lipinski definition) is 1. The Morgan fingerprint density at radius 3 is 2.38 bits per heavy atom. The third-order valence-corrected chi connectivity index (χ3v) is 6.62. The van der Waals surface area contributed by atoms with E-state index in [1.54, 1.807) is 0 Å². The maximum Gasteiger partial charge on any atom is 0.258 e. The zero-order chi connectivity index (χ0) is 19.2. The molecule has 0 aromatic heterocycles. The summed E-state index contributed by atoms with van der Waals surface area (Å²) >= 11 is 6.12. The Kier molecular flexibility index (Phi) is 7.73. The maximum atomic E-state index is 12.1. The highest BCUT2D eigenvalue weighted by atomic mass is 35.5. The summed E-state index contributed by atoms with van der Waals surface area (Å²) in [5, 5.41) is 3.18. The Balaban J connectivity index is 1.91. The van der Waals surface area contributed by atoms with E-state index in [0.29, 0.717) is 0 Å². The number of amides is 1. The van der Waals surface area contributed by atoms with Crippen LogP contribution in [0.5, 0.6) is 5.75 Å². The summed E-state index contributed by atoms with van der Waals surface area (Å²) < 4.78 is 30.8. The second-order valence-electron chi connectivity index (χ2n) is 6.78. The summed E-state index contributed by atoms with van der Waals surface area (Å²) in [5.41, 5.74) is 0. The van der Waals surface area contributed by atoms with Gasteiger partial charge in [0.25, 0.3) is 5.91 Å². The van der Waals surface area contributed by atoms with Gasteiger partial charge >= 0.3 is 0 Å². The minimum atomic E-state index is -3.56. The second-order valence-corrected chi connectivity index (χ2v) is 9.34. The molecular formula is C18H27ClN2O4S. The van der Waals surface area contributed by atoms with Crippen molar-refractivity contribution >= 4 is 27.5 Å². The molecule has 1 fully saturated rings. The van der Waals surface area contributed by atoms with Gasteiger partial charge in [0, 0.05) is 20.1 Å². The molecule has 1 amide bonds. The van der Waals surface area contributed by atoms with Crippen LogP contribution in [0.2, 0.25) is 5.02 Å². The van der Waals surface area contributed by atoms with Crippen molar-refractivity contribution in [3.63, 3.8) is 0 Å². The standard InChI is InChI=1S/C18H27ClN2O4S/c1-21(2)26(23,24)15-10-11-17(16(19)12-15)25-13-18(22)20-14-8-6-4-3-5-7-9-14/h10-12,14H,3-9,13H2,1-2H3,(H,20,22). The lowest BCUT2D eigenvalue weighted by Gasteiger charge is -2.21. The van der Waals surface area contributed by atoms with E-state index in [1.165, 1.54) is 51.6 Å². The van der Waals surface area contributed by atoms with E-state index in [0.717, 1.165) is 30.0 Å². The van der Waals surface area contributed by atoms with Gasteiger partial charge < -0.3 is 10.1 Å².